The highest BCUT2D eigenvalue weighted by Crippen LogP contribution is 2.39. The third-order valence-corrected chi connectivity index (χ3v) is 4.27. The molecule has 0 fully saturated rings. The molecule has 0 amide bonds. The predicted octanol–water partition coefficient (Wildman–Crippen LogP) is 2.55. The largest absolute Gasteiger partial charge is 0.362 e. The molecule has 0 bridgehead atoms. The quantitative estimate of drug-likeness (QED) is 0.758. The van der Waals surface area contributed by atoms with Gasteiger partial charge in [0, 0.05) is 19.0 Å². The Balaban J connectivity index is 2.38. The number of nitrogens with zero attached hydrogens (tertiary/aromatic N) is 3. The highest BCUT2D eigenvalue weighted by molar-refractivity contribution is 7.19. The van der Waals surface area contributed by atoms with E-state index >= 15 is 0 Å². The van der Waals surface area contributed by atoms with Gasteiger partial charge in [-0.05, 0) is 31.7 Å². The van der Waals surface area contributed by atoms with E-state index in [1.54, 1.807) is 0 Å². The van der Waals surface area contributed by atoms with Gasteiger partial charge in [-0.1, -0.05) is 0 Å². The Morgan fingerprint density at radius 2 is 2.00 bits per heavy atom. The van der Waals surface area contributed by atoms with Gasteiger partial charge in [-0.2, -0.15) is 0 Å². The van der Waals surface area contributed by atoms with Gasteiger partial charge in [-0.25, -0.2) is 9.97 Å². The molecule has 0 aliphatic heterocycles. The maximum atomic E-state index is 4.57. The summed E-state index contributed by atoms with van der Waals surface area (Å²) in [6.07, 6.45) is 3.71. The van der Waals surface area contributed by atoms with Crippen LogP contribution in [0.2, 0.25) is 0 Å². The van der Waals surface area contributed by atoms with E-state index in [1.165, 1.54) is 39.9 Å². The summed E-state index contributed by atoms with van der Waals surface area (Å²) in [6, 6.07) is 0. The van der Waals surface area contributed by atoms with Crippen LogP contribution in [0.25, 0.3) is 10.2 Å². The lowest BCUT2D eigenvalue weighted by Crippen LogP contribution is -2.12. The van der Waals surface area contributed by atoms with E-state index in [2.05, 4.69) is 29.0 Å². The summed E-state index contributed by atoms with van der Waals surface area (Å²) in [6.45, 7) is 1.97. The predicted molar refractivity (Wildman–Crippen MR) is 68.5 cm³/mol. The molecule has 2 aromatic rings. The summed E-state index contributed by atoms with van der Waals surface area (Å²) in [5.41, 5.74) is 1.50. The van der Waals surface area contributed by atoms with Gasteiger partial charge in [0.25, 0.3) is 0 Å². The van der Waals surface area contributed by atoms with Crippen molar-refractivity contribution < 1.29 is 0 Å². The van der Waals surface area contributed by atoms with Crippen LogP contribution in [0.4, 0.5) is 5.82 Å². The maximum Gasteiger partial charge on any atom is 0.140 e. The van der Waals surface area contributed by atoms with Gasteiger partial charge in [0.15, 0.2) is 0 Å². The van der Waals surface area contributed by atoms with Crippen LogP contribution < -0.4 is 4.90 Å². The van der Waals surface area contributed by atoms with Crippen LogP contribution in [-0.2, 0) is 12.8 Å². The summed E-state index contributed by atoms with van der Waals surface area (Å²) in [4.78, 5) is 13.9. The van der Waals surface area contributed by atoms with Gasteiger partial charge >= 0.3 is 0 Å². The van der Waals surface area contributed by atoms with Gasteiger partial charge in [0.2, 0.25) is 0 Å². The molecule has 84 valence electrons. The number of rotatable bonds is 1. The first-order chi connectivity index (χ1) is 7.66. The average molecular weight is 233 g/mol. The van der Waals surface area contributed by atoms with Gasteiger partial charge in [0.1, 0.15) is 16.5 Å². The molecular formula is C12H15N3S. The molecule has 0 unspecified atom stereocenters. The fourth-order valence-electron chi connectivity index (χ4n) is 2.40. The molecule has 0 atom stereocenters. The molecular weight excluding hydrogens is 218 g/mol. The first-order valence-corrected chi connectivity index (χ1v) is 6.44. The van der Waals surface area contributed by atoms with E-state index in [9.17, 15) is 0 Å². The molecule has 0 N–H and O–H groups in total. The lowest BCUT2D eigenvalue weighted by Gasteiger charge is -2.13. The number of anilines is 1. The third kappa shape index (κ3) is 1.33. The average Bonchev–Trinajstić information content (AvgIpc) is 2.74. The van der Waals surface area contributed by atoms with Crippen molar-refractivity contribution in [3.05, 3.63) is 16.3 Å². The zero-order valence-corrected chi connectivity index (χ0v) is 10.7. The van der Waals surface area contributed by atoms with Gasteiger partial charge in [0.05, 0.1) is 5.39 Å². The molecule has 1 aliphatic rings. The van der Waals surface area contributed by atoms with E-state index in [1.807, 2.05) is 18.3 Å². The Labute approximate surface area is 99.1 Å². The van der Waals surface area contributed by atoms with E-state index in [0.29, 0.717) is 0 Å². The van der Waals surface area contributed by atoms with Crippen molar-refractivity contribution in [2.75, 3.05) is 19.0 Å². The molecule has 16 heavy (non-hydrogen) atoms. The fourth-order valence-corrected chi connectivity index (χ4v) is 3.71. The number of fused-ring (bicyclic) bond motifs is 3. The molecule has 0 saturated carbocycles. The van der Waals surface area contributed by atoms with Crippen molar-refractivity contribution in [2.45, 2.75) is 26.2 Å². The minimum atomic E-state index is 0.871. The van der Waals surface area contributed by atoms with Crippen LogP contribution in [0, 0.1) is 6.92 Å². The van der Waals surface area contributed by atoms with Crippen LogP contribution in [0.1, 0.15) is 22.7 Å². The molecule has 0 spiro atoms. The first kappa shape index (κ1) is 10.0. The molecule has 4 heteroatoms. The van der Waals surface area contributed by atoms with E-state index < -0.39 is 0 Å². The molecule has 3 rings (SSSR count). The molecule has 0 saturated heterocycles. The highest BCUT2D eigenvalue weighted by Gasteiger charge is 2.22. The van der Waals surface area contributed by atoms with Crippen LogP contribution in [0.3, 0.4) is 0 Å². The van der Waals surface area contributed by atoms with Crippen LogP contribution in [0.5, 0.6) is 0 Å². The number of aromatic nitrogens is 2. The molecule has 0 radical (unpaired) electrons. The number of hydrogen-bond donors (Lipinski definition) is 0. The second-order valence-corrected chi connectivity index (χ2v) is 5.61. The van der Waals surface area contributed by atoms with E-state index in [0.717, 1.165) is 11.6 Å². The highest BCUT2D eigenvalue weighted by atomic mass is 32.1. The second-order valence-electron chi connectivity index (χ2n) is 4.53. The molecule has 1 aliphatic carbocycles. The van der Waals surface area contributed by atoms with E-state index in [4.69, 9.17) is 0 Å². The monoisotopic (exact) mass is 233 g/mol. The minimum absolute atomic E-state index is 0.871. The zero-order valence-electron chi connectivity index (χ0n) is 9.87. The summed E-state index contributed by atoms with van der Waals surface area (Å²) in [7, 11) is 4.11. The first-order valence-electron chi connectivity index (χ1n) is 5.63. The normalized spacial score (nSPS) is 14.4. The number of thiophene rings is 1. The Bertz CT molecular complexity index is 557. The summed E-state index contributed by atoms with van der Waals surface area (Å²) >= 11 is 1.85. The van der Waals surface area contributed by atoms with Crippen molar-refractivity contribution >= 4 is 27.4 Å². The van der Waals surface area contributed by atoms with Crippen molar-refractivity contribution in [3.8, 4) is 0 Å². The van der Waals surface area contributed by atoms with Gasteiger partial charge in [-0.3, -0.25) is 0 Å². The Kier molecular flexibility index (Phi) is 2.14. The maximum absolute atomic E-state index is 4.57. The van der Waals surface area contributed by atoms with Crippen LogP contribution in [-0.4, -0.2) is 24.1 Å². The van der Waals surface area contributed by atoms with Gasteiger partial charge < -0.3 is 4.90 Å². The van der Waals surface area contributed by atoms with Crippen LogP contribution >= 0.6 is 11.3 Å². The number of aryl methyl sites for hydroxylation is 3. The minimum Gasteiger partial charge on any atom is -0.362 e. The Hall–Kier alpha value is -1.16. The smallest absolute Gasteiger partial charge is 0.140 e. The SMILES string of the molecule is Cc1nc(N(C)C)c2c3c(sc2n1)CCC3. The molecule has 2 aromatic heterocycles. The lowest BCUT2D eigenvalue weighted by atomic mass is 10.2. The van der Waals surface area contributed by atoms with E-state index in [-0.39, 0.29) is 0 Å². The molecule has 2 heterocycles. The standard InChI is InChI=1S/C12H15N3S/c1-7-13-11(15(2)3)10-8-5-4-6-9(8)16-12(10)14-7/h4-6H2,1-3H3. The zero-order chi connectivity index (χ0) is 11.3. The van der Waals surface area contributed by atoms with Crippen molar-refractivity contribution in [3.63, 3.8) is 0 Å². The van der Waals surface area contributed by atoms with Crippen molar-refractivity contribution in [1.29, 1.82) is 0 Å². The fraction of sp³-hybridized carbons (Fsp3) is 0.500. The second kappa shape index (κ2) is 3.42. The van der Waals surface area contributed by atoms with Crippen molar-refractivity contribution in [1.82, 2.24) is 9.97 Å². The summed E-state index contributed by atoms with van der Waals surface area (Å²) in [5, 5.41) is 1.30. The Morgan fingerprint density at radius 3 is 2.75 bits per heavy atom. The topological polar surface area (TPSA) is 29.0 Å². The van der Waals surface area contributed by atoms with Gasteiger partial charge in [-0.15, -0.1) is 11.3 Å². The Morgan fingerprint density at radius 1 is 1.19 bits per heavy atom. The molecule has 0 aromatic carbocycles. The lowest BCUT2D eigenvalue weighted by molar-refractivity contribution is 0.916. The van der Waals surface area contributed by atoms with Crippen LogP contribution in [0.15, 0.2) is 0 Å². The summed E-state index contributed by atoms with van der Waals surface area (Å²) in [5.74, 6) is 1.96. The van der Waals surface area contributed by atoms with Crippen molar-refractivity contribution in [2.24, 2.45) is 0 Å². The molecule has 3 nitrogen and oxygen atoms in total. The number of hydrogen-bond acceptors (Lipinski definition) is 4. The summed E-state index contributed by atoms with van der Waals surface area (Å²) < 4.78 is 0. The third-order valence-electron chi connectivity index (χ3n) is 3.08.